The molecule has 2 atom stereocenters. The fraction of sp³-hybridized carbons (Fsp3) is 0.333. The average molecular weight is 632 g/mol. The number of rotatable bonds is 9. The van der Waals surface area contributed by atoms with Gasteiger partial charge in [-0.15, -0.1) is 0 Å². The fourth-order valence-electron chi connectivity index (χ4n) is 5.53. The number of fused-ring (bicyclic) bond motifs is 2. The summed E-state index contributed by atoms with van der Waals surface area (Å²) in [6.45, 7) is -2.12. The van der Waals surface area contributed by atoms with Crippen molar-refractivity contribution in [1.29, 1.82) is 0 Å². The number of amides is 2. The van der Waals surface area contributed by atoms with Crippen molar-refractivity contribution in [2.45, 2.75) is 37.3 Å². The number of hydrogen-bond acceptors (Lipinski definition) is 7. The monoisotopic (exact) mass is 631 g/mol. The molecule has 1 aliphatic heterocycles. The van der Waals surface area contributed by atoms with Crippen LogP contribution in [0.5, 0.6) is 11.5 Å². The zero-order chi connectivity index (χ0) is 32.4. The van der Waals surface area contributed by atoms with Gasteiger partial charge in [-0.25, -0.2) is 22.8 Å². The molecule has 15 heteroatoms. The fourth-order valence-corrected chi connectivity index (χ4v) is 5.53. The molecule has 1 unspecified atom stereocenters. The van der Waals surface area contributed by atoms with Gasteiger partial charge in [0.05, 0.1) is 19.3 Å². The number of ether oxygens (including phenoxy) is 2. The maximum atomic E-state index is 15.0. The minimum atomic E-state index is -2.92. The Hall–Kier alpha value is -4.79. The number of carbonyl (C=O) groups excluding carboxylic acids is 2. The molecule has 0 saturated heterocycles. The molecule has 2 amide bonds. The van der Waals surface area contributed by atoms with Crippen molar-refractivity contribution < 1.29 is 46.1 Å². The minimum Gasteiger partial charge on any atom is -0.494 e. The Morgan fingerprint density at radius 3 is 2.53 bits per heavy atom. The second kappa shape index (κ2) is 10.7. The van der Waals surface area contributed by atoms with Gasteiger partial charge in [-0.05, 0) is 49.9 Å². The summed E-state index contributed by atoms with van der Waals surface area (Å²) in [5.41, 5.74) is 1.78. The summed E-state index contributed by atoms with van der Waals surface area (Å²) in [7, 11) is 1.29. The van der Waals surface area contributed by atoms with Gasteiger partial charge in [0.15, 0.2) is 11.6 Å². The van der Waals surface area contributed by atoms with Gasteiger partial charge in [-0.1, -0.05) is 0 Å². The van der Waals surface area contributed by atoms with Gasteiger partial charge in [0.25, 0.3) is 5.91 Å². The summed E-state index contributed by atoms with van der Waals surface area (Å²) >= 11 is 0. The lowest BCUT2D eigenvalue weighted by molar-refractivity contribution is -0.123. The van der Waals surface area contributed by atoms with E-state index >= 15 is 4.39 Å². The summed E-state index contributed by atoms with van der Waals surface area (Å²) < 4.78 is 80.9. The summed E-state index contributed by atoms with van der Waals surface area (Å²) in [4.78, 5) is 30.3. The number of primary amides is 1. The maximum Gasteiger partial charge on any atom is 0.333 e. The summed E-state index contributed by atoms with van der Waals surface area (Å²) in [5, 5.41) is 18.7. The third-order valence-electron chi connectivity index (χ3n) is 8.37. The molecule has 1 fully saturated rings. The maximum absolute atomic E-state index is 15.0. The highest BCUT2D eigenvalue weighted by atomic mass is 19.3. The molecule has 236 valence electrons. The molecule has 0 bridgehead atoms. The van der Waals surface area contributed by atoms with E-state index in [0.717, 1.165) is 6.20 Å². The Morgan fingerprint density at radius 2 is 1.89 bits per heavy atom. The Morgan fingerprint density at radius 1 is 1.18 bits per heavy atom. The van der Waals surface area contributed by atoms with Crippen molar-refractivity contribution in [3.63, 3.8) is 0 Å². The van der Waals surface area contributed by atoms with Crippen LogP contribution in [0.2, 0.25) is 0 Å². The second-order valence-electron chi connectivity index (χ2n) is 11.3. The molecular weight excluding hydrogens is 605 g/mol. The number of nitrogens with zero attached hydrogens (tertiary/aromatic N) is 3. The smallest absolute Gasteiger partial charge is 0.333 e. The van der Waals surface area contributed by atoms with E-state index in [2.05, 4.69) is 15.4 Å². The highest BCUT2D eigenvalue weighted by molar-refractivity contribution is 6.00. The molecule has 6 rings (SSSR count). The molecular formula is C30H26F5N5O5. The van der Waals surface area contributed by atoms with Crippen molar-refractivity contribution in [2.24, 2.45) is 11.7 Å². The number of aromatic nitrogens is 3. The van der Waals surface area contributed by atoms with Gasteiger partial charge < -0.3 is 25.6 Å². The molecule has 4 aromatic rings. The minimum absolute atomic E-state index is 0.0208. The van der Waals surface area contributed by atoms with Gasteiger partial charge in [-0.2, -0.15) is 13.9 Å². The molecule has 0 spiro atoms. The van der Waals surface area contributed by atoms with Crippen molar-refractivity contribution in [3.05, 3.63) is 70.8 Å². The van der Waals surface area contributed by atoms with E-state index in [1.807, 2.05) is 0 Å². The number of benzene rings is 2. The largest absolute Gasteiger partial charge is 0.494 e. The molecule has 3 heterocycles. The average Bonchev–Trinajstić information content (AvgIpc) is 3.68. The zero-order valence-electron chi connectivity index (χ0n) is 23.8. The zero-order valence-corrected chi connectivity index (χ0v) is 23.8. The first kappa shape index (κ1) is 30.2. The highest BCUT2D eigenvalue weighted by Gasteiger charge is 2.50. The number of alkyl halides is 2. The van der Waals surface area contributed by atoms with Crippen LogP contribution >= 0.6 is 0 Å². The van der Waals surface area contributed by atoms with Crippen LogP contribution in [-0.2, 0) is 15.8 Å². The number of hydrogen-bond donors (Lipinski definition) is 3. The first-order chi connectivity index (χ1) is 21.3. The van der Waals surface area contributed by atoms with Crippen LogP contribution in [0, 0.1) is 23.4 Å². The number of carbonyl (C=O) groups is 2. The third kappa shape index (κ3) is 5.00. The van der Waals surface area contributed by atoms with E-state index in [4.69, 9.17) is 15.2 Å². The Balaban J connectivity index is 1.41. The van der Waals surface area contributed by atoms with Gasteiger partial charge >= 0.3 is 6.55 Å². The van der Waals surface area contributed by atoms with Gasteiger partial charge in [0.2, 0.25) is 5.91 Å². The number of pyridine rings is 1. The van der Waals surface area contributed by atoms with Gasteiger partial charge in [0.1, 0.15) is 46.1 Å². The number of halogens is 5. The quantitative estimate of drug-likeness (QED) is 0.187. The normalized spacial score (nSPS) is 18.9. The lowest BCUT2D eigenvalue weighted by atomic mass is 9.81. The molecule has 45 heavy (non-hydrogen) atoms. The summed E-state index contributed by atoms with van der Waals surface area (Å²) in [5.74, 6) is -5.90. The van der Waals surface area contributed by atoms with Crippen LogP contribution in [0.1, 0.15) is 47.9 Å². The van der Waals surface area contributed by atoms with Crippen LogP contribution in [0.3, 0.4) is 0 Å². The summed E-state index contributed by atoms with van der Waals surface area (Å²) in [6.07, 6.45) is 2.11. The number of nitrogens with two attached hydrogens (primary N) is 1. The predicted octanol–water partition coefficient (Wildman–Crippen LogP) is 4.08. The topological polar surface area (TPSA) is 142 Å². The van der Waals surface area contributed by atoms with Crippen molar-refractivity contribution >= 4 is 22.7 Å². The summed E-state index contributed by atoms with van der Waals surface area (Å²) in [6, 6.07) is 4.97. The Bertz CT molecular complexity index is 1880. The molecule has 1 aliphatic carbocycles. The number of aliphatic hydroxyl groups is 1. The van der Waals surface area contributed by atoms with Crippen molar-refractivity contribution in [2.75, 3.05) is 20.3 Å². The van der Waals surface area contributed by atoms with Gasteiger partial charge in [-0.3, -0.25) is 9.59 Å². The van der Waals surface area contributed by atoms with Gasteiger partial charge in [0, 0.05) is 34.3 Å². The van der Waals surface area contributed by atoms with Crippen LogP contribution in [0.15, 0.2) is 36.5 Å². The van der Waals surface area contributed by atoms with E-state index in [1.165, 1.54) is 32.2 Å². The molecule has 10 nitrogen and oxygen atoms in total. The van der Waals surface area contributed by atoms with Crippen LogP contribution in [0.25, 0.3) is 22.2 Å². The van der Waals surface area contributed by atoms with Crippen molar-refractivity contribution in [1.82, 2.24) is 20.1 Å². The third-order valence-corrected chi connectivity index (χ3v) is 8.37. The van der Waals surface area contributed by atoms with E-state index in [-0.39, 0.29) is 51.5 Å². The lowest BCUT2D eigenvalue weighted by Gasteiger charge is -2.30. The molecule has 0 radical (unpaired) electrons. The van der Waals surface area contributed by atoms with E-state index in [1.54, 1.807) is 0 Å². The molecule has 4 N–H and O–H groups in total. The first-order valence-electron chi connectivity index (χ1n) is 13.8. The number of methoxy groups -OCH3 is 1. The van der Waals surface area contributed by atoms with Crippen LogP contribution < -0.4 is 20.5 Å². The molecule has 2 aromatic carbocycles. The van der Waals surface area contributed by atoms with Crippen LogP contribution in [0.4, 0.5) is 22.0 Å². The molecule has 2 aliphatic rings. The SMILES string of the molecule is COc1cc(C(=O)NCC(O)(c2cc3c(c(-c4cc(F)c(F)cc4F)n2)OC[C@]3(C)C(N)=O)C2CC2)cc2cn(C(F)F)nc12. The lowest BCUT2D eigenvalue weighted by Crippen LogP contribution is -2.44. The standard InChI is InChI=1S/C30H26F5N5O5/c1-29(27(36)42)12-45-25-17(29)8-22(38-24(25)16-7-19(32)20(33)9-18(16)31)30(43,15-3-4-15)11-37-26(41)13-5-14-10-40(28(34)35)39-23(14)21(6-13)44-2/h5-10,15,28,43H,3-4,11-12H2,1-2H3,(H2,36,42)(H,37,41)/t29-,30?/m0/s1. The van der Waals surface area contributed by atoms with E-state index in [0.29, 0.717) is 29.7 Å². The second-order valence-corrected chi connectivity index (χ2v) is 11.3. The molecule has 2 aromatic heterocycles. The van der Waals surface area contributed by atoms with Crippen LogP contribution in [-0.4, -0.2) is 51.9 Å². The molecule has 1 saturated carbocycles. The number of nitrogens with one attached hydrogen (secondary N) is 1. The first-order valence-corrected chi connectivity index (χ1v) is 13.8. The highest BCUT2D eigenvalue weighted by Crippen LogP contribution is 2.50. The Labute approximate surface area is 251 Å². The van der Waals surface area contributed by atoms with E-state index in [9.17, 15) is 32.3 Å². The predicted molar refractivity (Wildman–Crippen MR) is 148 cm³/mol. The van der Waals surface area contributed by atoms with Crippen molar-refractivity contribution in [3.8, 4) is 22.8 Å². The Kier molecular flexibility index (Phi) is 7.18. The van der Waals surface area contributed by atoms with E-state index < -0.39 is 64.9 Å².